The van der Waals surface area contributed by atoms with Crippen LogP contribution in [0.25, 0.3) is 0 Å². The van der Waals surface area contributed by atoms with Crippen LogP contribution in [0, 0.1) is 29.6 Å². The van der Waals surface area contributed by atoms with E-state index in [0.717, 1.165) is 48.3 Å². The summed E-state index contributed by atoms with van der Waals surface area (Å²) in [5.41, 5.74) is 3.92. The molecule has 1 saturated carbocycles. The van der Waals surface area contributed by atoms with Gasteiger partial charge in [-0.3, -0.25) is 0 Å². The molecule has 2 fully saturated rings. The fraction of sp³-hybridized carbons (Fsp3) is 0.536. The van der Waals surface area contributed by atoms with Crippen molar-refractivity contribution in [1.82, 2.24) is 14.9 Å². The van der Waals surface area contributed by atoms with E-state index in [1.54, 1.807) is 11.2 Å². The van der Waals surface area contributed by atoms with Crippen LogP contribution in [0.3, 0.4) is 0 Å². The zero-order chi connectivity index (χ0) is 26.3. The molecular formula is C28H38N6O2. The van der Waals surface area contributed by atoms with E-state index in [0.29, 0.717) is 37.8 Å². The van der Waals surface area contributed by atoms with Crippen LogP contribution in [0.2, 0.25) is 0 Å². The third-order valence-corrected chi connectivity index (χ3v) is 6.10. The molecule has 0 atom stereocenters. The first-order valence-electron chi connectivity index (χ1n) is 12.7. The number of nitrogens with one attached hydrogen (secondary N) is 1. The Bertz CT molecular complexity index is 1110. The number of benzene rings is 1. The van der Waals surface area contributed by atoms with Crippen LogP contribution in [-0.4, -0.2) is 58.5 Å². The monoisotopic (exact) mass is 490 g/mol. The second kappa shape index (κ2) is 12.0. The summed E-state index contributed by atoms with van der Waals surface area (Å²) >= 11 is 0. The first kappa shape index (κ1) is 27.1. The lowest BCUT2D eigenvalue weighted by Gasteiger charge is -2.37. The maximum Gasteiger partial charge on any atom is 0.410 e. The van der Waals surface area contributed by atoms with Gasteiger partial charge < -0.3 is 19.9 Å². The zero-order valence-electron chi connectivity index (χ0n) is 22.2. The Morgan fingerprint density at radius 2 is 1.89 bits per heavy atom. The third-order valence-electron chi connectivity index (χ3n) is 6.10. The Hall–Kier alpha value is -3.47. The molecule has 2 heterocycles. The topological polar surface area (TPSA) is 106 Å². The summed E-state index contributed by atoms with van der Waals surface area (Å²) in [5, 5.41) is 17.0. The van der Waals surface area contributed by atoms with Crippen molar-refractivity contribution in [2.45, 2.75) is 65.9 Å². The van der Waals surface area contributed by atoms with Crippen LogP contribution < -0.4 is 4.90 Å². The van der Waals surface area contributed by atoms with E-state index in [1.165, 1.54) is 5.56 Å². The summed E-state index contributed by atoms with van der Waals surface area (Å²) in [7, 11) is 0. The normalized spacial score (nSPS) is 15.4. The standard InChI is InChI=1S/C18H27N5O2.C10H11N/c1-12-14(15(19)13-5-6-13)16(21-11-20-12)22-7-9-23(10-8-22)17(24)25-18(2,3)4;1-2-4-9-5-3-6-10(7-9)8-11/h11,13,19H,5-10H2,1-4H3;3,5-7H,2,4H2,1H3. The summed E-state index contributed by atoms with van der Waals surface area (Å²) in [6.45, 7) is 12.2. The molecule has 2 aromatic rings. The largest absolute Gasteiger partial charge is 0.444 e. The highest BCUT2D eigenvalue weighted by atomic mass is 16.6. The van der Waals surface area contributed by atoms with Gasteiger partial charge in [-0.1, -0.05) is 25.5 Å². The van der Waals surface area contributed by atoms with Crippen LogP contribution >= 0.6 is 0 Å². The van der Waals surface area contributed by atoms with Gasteiger partial charge in [-0.2, -0.15) is 5.26 Å². The lowest BCUT2D eigenvalue weighted by molar-refractivity contribution is 0.0240. The molecule has 1 aliphatic heterocycles. The van der Waals surface area contributed by atoms with E-state index >= 15 is 0 Å². The molecule has 8 nitrogen and oxygen atoms in total. The molecule has 192 valence electrons. The summed E-state index contributed by atoms with van der Waals surface area (Å²) in [4.78, 5) is 24.9. The van der Waals surface area contributed by atoms with Crippen LogP contribution in [0.4, 0.5) is 10.6 Å². The van der Waals surface area contributed by atoms with E-state index in [4.69, 9.17) is 15.4 Å². The van der Waals surface area contributed by atoms with Crippen LogP contribution in [0.5, 0.6) is 0 Å². The molecule has 36 heavy (non-hydrogen) atoms. The van der Waals surface area contributed by atoms with Crippen molar-refractivity contribution in [2.24, 2.45) is 5.92 Å². The lowest BCUT2D eigenvalue weighted by Crippen LogP contribution is -2.50. The number of aryl methyl sites for hydroxylation is 2. The quantitative estimate of drug-likeness (QED) is 0.582. The third kappa shape index (κ3) is 7.51. The average molecular weight is 491 g/mol. The van der Waals surface area contributed by atoms with Crippen LogP contribution in [0.15, 0.2) is 30.6 Å². The number of hydrogen-bond donors (Lipinski definition) is 1. The van der Waals surface area contributed by atoms with E-state index in [2.05, 4.69) is 33.9 Å². The molecule has 4 rings (SSSR count). The molecule has 1 aliphatic carbocycles. The number of piperazine rings is 1. The molecule has 1 amide bonds. The van der Waals surface area contributed by atoms with Crippen molar-refractivity contribution < 1.29 is 9.53 Å². The van der Waals surface area contributed by atoms with Gasteiger partial charge in [0, 0.05) is 37.8 Å². The number of rotatable bonds is 5. The molecule has 8 heteroatoms. The summed E-state index contributed by atoms with van der Waals surface area (Å²) in [6.07, 6.45) is 5.66. The first-order chi connectivity index (χ1) is 17.1. The summed E-state index contributed by atoms with van der Waals surface area (Å²) in [5.74, 6) is 1.18. The molecule has 0 bridgehead atoms. The Morgan fingerprint density at radius 3 is 2.47 bits per heavy atom. The van der Waals surface area contributed by atoms with Gasteiger partial charge in [-0.15, -0.1) is 0 Å². The number of aromatic nitrogens is 2. The molecule has 0 radical (unpaired) electrons. The van der Waals surface area contributed by atoms with Crippen molar-refractivity contribution in [3.05, 3.63) is 53.0 Å². The number of carbonyl (C=O) groups excluding carboxylic acids is 1. The van der Waals surface area contributed by atoms with Crippen molar-refractivity contribution in [3.63, 3.8) is 0 Å². The molecule has 0 unspecified atom stereocenters. The molecule has 1 aromatic carbocycles. The van der Waals surface area contributed by atoms with E-state index < -0.39 is 5.60 Å². The fourth-order valence-electron chi connectivity index (χ4n) is 4.10. The highest BCUT2D eigenvalue weighted by molar-refractivity contribution is 6.06. The number of ether oxygens (including phenoxy) is 1. The van der Waals surface area contributed by atoms with E-state index in [9.17, 15) is 4.79 Å². The average Bonchev–Trinajstić information content (AvgIpc) is 3.69. The van der Waals surface area contributed by atoms with Gasteiger partial charge in [0.05, 0.1) is 22.9 Å². The maximum absolute atomic E-state index is 12.2. The Balaban J connectivity index is 0.000000275. The minimum Gasteiger partial charge on any atom is -0.444 e. The minimum absolute atomic E-state index is 0.267. The number of amides is 1. The number of hydrogen-bond acceptors (Lipinski definition) is 7. The second-order valence-corrected chi connectivity index (χ2v) is 10.4. The van der Waals surface area contributed by atoms with Crippen molar-refractivity contribution in [2.75, 3.05) is 31.1 Å². The molecule has 0 spiro atoms. The minimum atomic E-state index is -0.482. The Morgan fingerprint density at radius 1 is 1.19 bits per heavy atom. The molecule has 1 aromatic heterocycles. The highest BCUT2D eigenvalue weighted by Crippen LogP contribution is 2.35. The van der Waals surface area contributed by atoms with Gasteiger partial charge in [0.15, 0.2) is 0 Å². The van der Waals surface area contributed by atoms with Crippen LogP contribution in [-0.2, 0) is 11.2 Å². The molecule has 2 aliphatic rings. The SMILES string of the molecule is CCCc1cccc(C#N)c1.Cc1ncnc(N2CCN(C(=O)OC(C)(C)C)CC2)c1C(=N)C1CC1. The van der Waals surface area contributed by atoms with E-state index in [-0.39, 0.29) is 6.09 Å². The number of nitrogens with zero attached hydrogens (tertiary/aromatic N) is 5. The number of anilines is 1. The van der Waals surface area contributed by atoms with Crippen LogP contribution in [0.1, 0.15) is 69.3 Å². The predicted molar refractivity (Wildman–Crippen MR) is 141 cm³/mol. The maximum atomic E-state index is 12.2. The van der Waals surface area contributed by atoms with Crippen molar-refractivity contribution in [3.8, 4) is 6.07 Å². The summed E-state index contributed by atoms with van der Waals surface area (Å²) in [6, 6.07) is 9.90. The molecule has 1 saturated heterocycles. The molecular weight excluding hydrogens is 452 g/mol. The first-order valence-corrected chi connectivity index (χ1v) is 12.7. The van der Waals surface area contributed by atoms with Gasteiger partial charge in [0.25, 0.3) is 0 Å². The zero-order valence-corrected chi connectivity index (χ0v) is 22.2. The second-order valence-electron chi connectivity index (χ2n) is 10.4. The fourth-order valence-corrected chi connectivity index (χ4v) is 4.10. The number of carbonyl (C=O) groups is 1. The smallest absolute Gasteiger partial charge is 0.410 e. The van der Waals surface area contributed by atoms with Gasteiger partial charge in [-0.05, 0) is 64.7 Å². The molecule has 1 N–H and O–H groups in total. The van der Waals surface area contributed by atoms with Crippen molar-refractivity contribution in [1.29, 1.82) is 10.7 Å². The van der Waals surface area contributed by atoms with Gasteiger partial charge >= 0.3 is 6.09 Å². The number of nitriles is 1. The van der Waals surface area contributed by atoms with Crippen molar-refractivity contribution >= 4 is 17.6 Å². The highest BCUT2D eigenvalue weighted by Gasteiger charge is 2.33. The Labute approximate surface area is 214 Å². The lowest BCUT2D eigenvalue weighted by atomic mass is 10.0. The Kier molecular flexibility index (Phi) is 9.03. The predicted octanol–water partition coefficient (Wildman–Crippen LogP) is 5.13. The van der Waals surface area contributed by atoms with Gasteiger partial charge in [0.2, 0.25) is 0 Å². The van der Waals surface area contributed by atoms with Gasteiger partial charge in [0.1, 0.15) is 17.7 Å². The van der Waals surface area contributed by atoms with Gasteiger partial charge in [-0.25, -0.2) is 14.8 Å². The van der Waals surface area contributed by atoms with E-state index in [1.807, 2.05) is 45.9 Å². The summed E-state index contributed by atoms with van der Waals surface area (Å²) < 4.78 is 5.45.